The molecule has 0 unspecified atom stereocenters. The second-order valence-corrected chi connectivity index (χ2v) is 13.3. The van der Waals surface area contributed by atoms with Crippen LogP contribution in [0, 0.1) is 17.5 Å². The highest BCUT2D eigenvalue weighted by atomic mass is 32.2. The molecule has 3 aliphatic rings. The van der Waals surface area contributed by atoms with Crippen LogP contribution < -0.4 is 15.5 Å². The van der Waals surface area contributed by atoms with E-state index in [0.29, 0.717) is 54.8 Å². The van der Waals surface area contributed by atoms with Crippen LogP contribution in [0.15, 0.2) is 35.2 Å². The third kappa shape index (κ3) is 6.27. The molecule has 44 heavy (non-hydrogen) atoms. The first-order valence-electron chi connectivity index (χ1n) is 14.5. The van der Waals surface area contributed by atoms with Gasteiger partial charge in [0.1, 0.15) is 17.5 Å². The summed E-state index contributed by atoms with van der Waals surface area (Å²) in [6.07, 6.45) is 1.63. The molecule has 1 amide bonds. The van der Waals surface area contributed by atoms with Crippen LogP contribution >= 0.6 is 0 Å². The molecule has 1 aromatic heterocycles. The Morgan fingerprint density at radius 1 is 1.00 bits per heavy atom. The summed E-state index contributed by atoms with van der Waals surface area (Å²) >= 11 is 0. The predicted octanol–water partition coefficient (Wildman–Crippen LogP) is 3.17. The Morgan fingerprint density at radius 3 is 2.41 bits per heavy atom. The van der Waals surface area contributed by atoms with Crippen LogP contribution in [0.2, 0.25) is 0 Å². The number of nitrogens with zero attached hydrogens (tertiary/aromatic N) is 4. The predicted molar refractivity (Wildman–Crippen MR) is 158 cm³/mol. The fourth-order valence-corrected chi connectivity index (χ4v) is 7.27. The molecule has 3 N–H and O–H groups in total. The number of ether oxygens (including phenoxy) is 1. The number of likely N-dealkylation sites (N-methyl/N-ethyl adjacent to an activating group) is 1. The van der Waals surface area contributed by atoms with Crippen LogP contribution in [0.3, 0.4) is 0 Å². The molecular weight excluding hydrogens is 599 g/mol. The summed E-state index contributed by atoms with van der Waals surface area (Å²) in [4.78, 5) is 17.5. The van der Waals surface area contributed by atoms with E-state index in [-0.39, 0.29) is 36.9 Å². The van der Waals surface area contributed by atoms with Crippen molar-refractivity contribution in [2.75, 3.05) is 68.5 Å². The monoisotopic (exact) mass is 633 g/mol. The lowest BCUT2D eigenvalue weighted by Gasteiger charge is -2.35. The Hall–Kier alpha value is -3.66. The fraction of sp³-hybridized carbons (Fsp3) is 0.448. The highest BCUT2D eigenvalue weighted by molar-refractivity contribution is 7.89. The van der Waals surface area contributed by atoms with Crippen molar-refractivity contribution in [2.45, 2.75) is 36.7 Å². The van der Waals surface area contributed by atoms with Crippen LogP contribution in [-0.2, 0) is 27.7 Å². The number of H-pyrrole nitrogens is 1. The maximum Gasteiger partial charge on any atom is 0.261 e. The zero-order valence-electron chi connectivity index (χ0n) is 24.2. The van der Waals surface area contributed by atoms with Crippen molar-refractivity contribution in [3.63, 3.8) is 0 Å². The van der Waals surface area contributed by atoms with Crippen molar-refractivity contribution in [1.82, 2.24) is 19.4 Å². The smallest absolute Gasteiger partial charge is 0.261 e. The molecule has 2 aromatic carbocycles. The molecule has 11 nitrogen and oxygen atoms in total. The summed E-state index contributed by atoms with van der Waals surface area (Å²) < 4.78 is 76.5. The lowest BCUT2D eigenvalue weighted by Crippen LogP contribution is -2.44. The summed E-state index contributed by atoms with van der Waals surface area (Å²) in [5.74, 6) is -3.42. The molecule has 0 radical (unpaired) electrons. The van der Waals surface area contributed by atoms with Crippen molar-refractivity contribution in [1.29, 1.82) is 0 Å². The number of aromatic nitrogens is 2. The summed E-state index contributed by atoms with van der Waals surface area (Å²) in [6.45, 7) is 4.04. The van der Waals surface area contributed by atoms with Gasteiger partial charge in [0.15, 0.2) is 5.82 Å². The number of carbonyl (C=O) groups excluding carboxylic acids is 1. The van der Waals surface area contributed by atoms with Gasteiger partial charge in [-0.1, -0.05) is 0 Å². The zero-order chi connectivity index (χ0) is 31.0. The van der Waals surface area contributed by atoms with Gasteiger partial charge in [0.05, 0.1) is 16.1 Å². The number of fused-ring (bicyclic) bond motifs is 1. The van der Waals surface area contributed by atoms with Crippen molar-refractivity contribution in [3.05, 3.63) is 64.6 Å². The highest BCUT2D eigenvalue weighted by Gasteiger charge is 2.33. The first-order chi connectivity index (χ1) is 21.1. The van der Waals surface area contributed by atoms with Gasteiger partial charge in [0.25, 0.3) is 5.91 Å². The number of hydrogen-bond acceptors (Lipinski definition) is 8. The van der Waals surface area contributed by atoms with Gasteiger partial charge in [-0.15, -0.1) is 0 Å². The van der Waals surface area contributed by atoms with E-state index in [4.69, 9.17) is 4.74 Å². The fourth-order valence-electron chi connectivity index (χ4n) is 5.82. The molecule has 3 aromatic rings. The van der Waals surface area contributed by atoms with Crippen molar-refractivity contribution < 1.29 is 31.1 Å². The number of hydrogen-bond donors (Lipinski definition) is 3. The minimum absolute atomic E-state index is 0.0120. The lowest BCUT2D eigenvalue weighted by molar-refractivity contribution is 0.0904. The summed E-state index contributed by atoms with van der Waals surface area (Å²) in [6, 6.07) is 5.26. The third-order valence-electron chi connectivity index (χ3n) is 8.36. The van der Waals surface area contributed by atoms with Crippen LogP contribution in [0.1, 0.15) is 34.5 Å². The third-order valence-corrected chi connectivity index (χ3v) is 10.2. The number of nitrogens with one attached hydrogen (secondary N) is 3. The minimum Gasteiger partial charge on any atom is -0.381 e. The van der Waals surface area contributed by atoms with E-state index in [2.05, 4.69) is 30.6 Å². The molecule has 0 aliphatic carbocycles. The molecule has 0 atom stereocenters. The van der Waals surface area contributed by atoms with Gasteiger partial charge < -0.3 is 25.2 Å². The molecule has 4 heterocycles. The van der Waals surface area contributed by atoms with Crippen molar-refractivity contribution in [2.24, 2.45) is 0 Å². The van der Waals surface area contributed by atoms with Gasteiger partial charge in [0, 0.05) is 88.0 Å². The molecule has 236 valence electrons. The van der Waals surface area contributed by atoms with Gasteiger partial charge in [-0.3, -0.25) is 9.89 Å². The number of amides is 1. The van der Waals surface area contributed by atoms with Crippen molar-refractivity contribution >= 4 is 33.1 Å². The molecule has 0 spiro atoms. The second-order valence-electron chi connectivity index (χ2n) is 11.3. The van der Waals surface area contributed by atoms with Crippen molar-refractivity contribution in [3.8, 4) is 0 Å². The molecule has 3 aliphatic heterocycles. The summed E-state index contributed by atoms with van der Waals surface area (Å²) in [5, 5.41) is 13.0. The maximum atomic E-state index is 15.8. The van der Waals surface area contributed by atoms with Gasteiger partial charge in [-0.25, -0.2) is 21.6 Å². The Morgan fingerprint density at radius 2 is 1.70 bits per heavy atom. The number of halogens is 3. The maximum absolute atomic E-state index is 15.8. The molecule has 0 saturated carbocycles. The normalized spacial score (nSPS) is 18.7. The van der Waals surface area contributed by atoms with Gasteiger partial charge in [0.2, 0.25) is 10.0 Å². The number of piperazine rings is 1. The van der Waals surface area contributed by atoms with E-state index in [1.807, 2.05) is 7.05 Å². The molecule has 2 saturated heterocycles. The number of carbonyl (C=O) groups is 1. The first-order valence-corrected chi connectivity index (χ1v) is 16.0. The van der Waals surface area contributed by atoms with E-state index in [9.17, 15) is 22.0 Å². The minimum atomic E-state index is -4.26. The first kappa shape index (κ1) is 30.4. The van der Waals surface area contributed by atoms with E-state index in [1.165, 1.54) is 6.07 Å². The number of benzene rings is 2. The second kappa shape index (κ2) is 12.4. The lowest BCUT2D eigenvalue weighted by atomic mass is 10.0. The number of anilines is 3. The molecule has 6 rings (SSSR count). The largest absolute Gasteiger partial charge is 0.381 e. The average Bonchev–Trinajstić information content (AvgIpc) is 3.39. The van der Waals surface area contributed by atoms with Gasteiger partial charge in [-0.2, -0.15) is 9.40 Å². The number of sulfonamides is 1. The van der Waals surface area contributed by atoms with Crippen LogP contribution in [0.4, 0.5) is 30.4 Å². The molecule has 0 bridgehead atoms. The van der Waals surface area contributed by atoms with E-state index >= 15 is 4.39 Å². The quantitative estimate of drug-likeness (QED) is 0.363. The van der Waals surface area contributed by atoms with E-state index < -0.39 is 38.3 Å². The molecule has 2 fully saturated rings. The Bertz CT molecular complexity index is 1630. The zero-order valence-corrected chi connectivity index (χ0v) is 25.0. The standard InChI is InChI=1S/C29H34F3N7O4S/c1-37-6-8-38(9-7-37)21-15-24(32)27(26(16-21)33-20-3-10-43-11-4-20)29(40)34-28-23-17-39(5-2-25(23)35-36-28)44(41,42)22-13-18(30)12-19(31)14-22/h12-16,20,33H,2-11,17H2,1H3,(H2,34,35,36,40). The average molecular weight is 634 g/mol. The van der Waals surface area contributed by atoms with Crippen LogP contribution in [-0.4, -0.2) is 92.8 Å². The van der Waals surface area contributed by atoms with Gasteiger partial charge >= 0.3 is 0 Å². The summed E-state index contributed by atoms with van der Waals surface area (Å²) in [5.41, 5.74) is 1.84. The SMILES string of the molecule is CN1CCN(c2cc(F)c(C(=O)Nc3n[nH]c4c3CN(S(=O)(=O)c3cc(F)cc(F)c3)CC4)c(NC3CCOCC3)c2)CC1. The molecule has 15 heteroatoms. The Labute approximate surface area is 253 Å². The van der Waals surface area contributed by atoms with Crippen LogP contribution in [0.5, 0.6) is 0 Å². The van der Waals surface area contributed by atoms with E-state index in [0.717, 1.165) is 42.6 Å². The van der Waals surface area contributed by atoms with E-state index in [1.54, 1.807) is 6.07 Å². The van der Waals surface area contributed by atoms with Crippen LogP contribution in [0.25, 0.3) is 0 Å². The number of rotatable bonds is 7. The Balaban J connectivity index is 1.27. The highest BCUT2D eigenvalue weighted by Crippen LogP contribution is 2.32. The number of aromatic amines is 1. The van der Waals surface area contributed by atoms with Gasteiger partial charge in [-0.05, 0) is 44.2 Å². The Kier molecular flexibility index (Phi) is 8.55. The topological polar surface area (TPSA) is 123 Å². The summed E-state index contributed by atoms with van der Waals surface area (Å²) in [7, 11) is -2.23. The molecular formula is C29H34F3N7O4S.